The minimum Gasteiger partial charge on any atom is -0.352 e. The van der Waals surface area contributed by atoms with Crippen LogP contribution >= 0.6 is 0 Å². The maximum Gasteiger partial charge on any atom is 0.246 e. The van der Waals surface area contributed by atoms with Crippen LogP contribution in [0.3, 0.4) is 0 Å². The van der Waals surface area contributed by atoms with Gasteiger partial charge in [-0.2, -0.15) is 0 Å². The molecule has 14 heavy (non-hydrogen) atoms. The first-order valence-electron chi connectivity index (χ1n) is 5.45. The van der Waals surface area contributed by atoms with Gasteiger partial charge in [0.05, 0.1) is 0 Å². The van der Waals surface area contributed by atoms with Crippen molar-refractivity contribution in [1.82, 2.24) is 10.6 Å². The molecule has 0 unspecified atom stereocenters. The lowest BCUT2D eigenvalue weighted by Crippen LogP contribution is -2.37. The van der Waals surface area contributed by atoms with Crippen LogP contribution in [-0.4, -0.2) is 25.5 Å². The highest BCUT2D eigenvalue weighted by Gasteiger charge is 2.21. The van der Waals surface area contributed by atoms with Gasteiger partial charge in [-0.3, -0.25) is 4.79 Å². The van der Waals surface area contributed by atoms with Crippen LogP contribution in [0.4, 0.5) is 0 Å². The van der Waals surface area contributed by atoms with Gasteiger partial charge in [0, 0.05) is 25.2 Å². The first-order valence-corrected chi connectivity index (χ1v) is 5.45. The maximum atomic E-state index is 11.6. The molecule has 0 aromatic carbocycles. The second-order valence-corrected chi connectivity index (χ2v) is 4.32. The highest BCUT2D eigenvalue weighted by Crippen LogP contribution is 2.31. The standard InChI is InChI=1S/C11H18N2O/c1-8(10-6-12-7-10)11(14)13-5-4-9-2-3-9/h9,12H,2-7H2,1H3,(H,13,14). The first-order chi connectivity index (χ1) is 6.77. The highest BCUT2D eigenvalue weighted by atomic mass is 16.1. The normalized spacial score (nSPS) is 20.2. The largest absolute Gasteiger partial charge is 0.352 e. The molecule has 0 aromatic heterocycles. The van der Waals surface area contributed by atoms with E-state index in [0.717, 1.165) is 37.5 Å². The van der Waals surface area contributed by atoms with Crippen molar-refractivity contribution in [3.8, 4) is 0 Å². The Morgan fingerprint density at radius 1 is 1.50 bits per heavy atom. The molecule has 0 atom stereocenters. The molecule has 3 heteroatoms. The molecule has 2 fully saturated rings. The summed E-state index contributed by atoms with van der Waals surface area (Å²) in [4.78, 5) is 11.6. The third-order valence-corrected chi connectivity index (χ3v) is 3.08. The molecule has 1 aliphatic carbocycles. The number of hydrogen-bond donors (Lipinski definition) is 2. The van der Waals surface area contributed by atoms with Crippen molar-refractivity contribution in [2.75, 3.05) is 19.6 Å². The molecule has 2 aliphatic rings. The van der Waals surface area contributed by atoms with E-state index in [1.165, 1.54) is 18.4 Å². The van der Waals surface area contributed by atoms with E-state index in [-0.39, 0.29) is 5.91 Å². The molecule has 0 spiro atoms. The predicted molar refractivity (Wildman–Crippen MR) is 55.9 cm³/mol. The molecule has 78 valence electrons. The average Bonchev–Trinajstić information content (AvgIpc) is 2.84. The van der Waals surface area contributed by atoms with E-state index < -0.39 is 0 Å². The van der Waals surface area contributed by atoms with Crippen LogP contribution in [0, 0.1) is 5.92 Å². The van der Waals surface area contributed by atoms with E-state index in [2.05, 4.69) is 10.6 Å². The van der Waals surface area contributed by atoms with Crippen LogP contribution in [0.1, 0.15) is 26.2 Å². The Labute approximate surface area is 84.9 Å². The van der Waals surface area contributed by atoms with Gasteiger partial charge in [0.15, 0.2) is 0 Å². The van der Waals surface area contributed by atoms with Gasteiger partial charge in [-0.1, -0.05) is 12.8 Å². The SMILES string of the molecule is CC(C(=O)NCCC1CC1)=C1CNC1. The van der Waals surface area contributed by atoms with Gasteiger partial charge in [-0.25, -0.2) is 0 Å². The minimum absolute atomic E-state index is 0.127. The van der Waals surface area contributed by atoms with Crippen molar-refractivity contribution in [1.29, 1.82) is 0 Å². The van der Waals surface area contributed by atoms with E-state index in [1.807, 2.05) is 6.92 Å². The molecule has 0 aromatic rings. The van der Waals surface area contributed by atoms with E-state index in [9.17, 15) is 4.79 Å². The molecule has 1 saturated heterocycles. The van der Waals surface area contributed by atoms with Crippen LogP contribution in [-0.2, 0) is 4.79 Å². The molecule has 0 bridgehead atoms. The molecule has 2 rings (SSSR count). The Bertz CT molecular complexity index is 260. The van der Waals surface area contributed by atoms with Crippen LogP contribution in [0.2, 0.25) is 0 Å². The third kappa shape index (κ3) is 2.35. The van der Waals surface area contributed by atoms with Crippen LogP contribution in [0.25, 0.3) is 0 Å². The molecular formula is C11H18N2O. The molecule has 2 N–H and O–H groups in total. The number of rotatable bonds is 4. The van der Waals surface area contributed by atoms with Crippen LogP contribution < -0.4 is 10.6 Å². The quantitative estimate of drug-likeness (QED) is 0.651. The summed E-state index contributed by atoms with van der Waals surface area (Å²) in [5, 5.41) is 6.12. The van der Waals surface area contributed by atoms with Crippen molar-refractivity contribution in [2.24, 2.45) is 5.92 Å². The summed E-state index contributed by atoms with van der Waals surface area (Å²) in [5.74, 6) is 1.02. The average molecular weight is 194 g/mol. The number of nitrogens with one attached hydrogen (secondary N) is 2. The molecule has 1 heterocycles. The zero-order valence-corrected chi connectivity index (χ0v) is 8.73. The fourth-order valence-electron chi connectivity index (χ4n) is 1.60. The molecule has 1 aliphatic heterocycles. The molecule has 1 saturated carbocycles. The Hall–Kier alpha value is -0.830. The van der Waals surface area contributed by atoms with Gasteiger partial charge in [0.1, 0.15) is 0 Å². The van der Waals surface area contributed by atoms with Crippen molar-refractivity contribution < 1.29 is 4.79 Å². The third-order valence-electron chi connectivity index (χ3n) is 3.08. The summed E-state index contributed by atoms with van der Waals surface area (Å²) in [6.45, 7) is 4.55. The Kier molecular flexibility index (Phi) is 2.87. The zero-order chi connectivity index (χ0) is 9.97. The highest BCUT2D eigenvalue weighted by molar-refractivity contribution is 5.93. The summed E-state index contributed by atoms with van der Waals surface area (Å²) in [5.41, 5.74) is 2.17. The minimum atomic E-state index is 0.127. The summed E-state index contributed by atoms with van der Waals surface area (Å²) in [6.07, 6.45) is 3.88. The lowest BCUT2D eigenvalue weighted by atomic mass is 10.0. The first kappa shape index (κ1) is 9.71. The summed E-state index contributed by atoms with van der Waals surface area (Å²) >= 11 is 0. The van der Waals surface area contributed by atoms with Crippen molar-refractivity contribution in [2.45, 2.75) is 26.2 Å². The van der Waals surface area contributed by atoms with Crippen molar-refractivity contribution in [3.05, 3.63) is 11.1 Å². The summed E-state index contributed by atoms with van der Waals surface area (Å²) < 4.78 is 0. The molecule has 3 nitrogen and oxygen atoms in total. The van der Waals surface area contributed by atoms with Crippen molar-refractivity contribution >= 4 is 5.91 Å². The summed E-state index contributed by atoms with van der Waals surface area (Å²) in [6, 6.07) is 0. The van der Waals surface area contributed by atoms with Gasteiger partial charge in [0.25, 0.3) is 0 Å². The van der Waals surface area contributed by atoms with Gasteiger partial charge in [0.2, 0.25) is 5.91 Å². The maximum absolute atomic E-state index is 11.6. The number of hydrogen-bond acceptors (Lipinski definition) is 2. The number of carbonyl (C=O) groups is 1. The fourth-order valence-corrected chi connectivity index (χ4v) is 1.60. The lowest BCUT2D eigenvalue weighted by molar-refractivity contribution is -0.117. The topological polar surface area (TPSA) is 41.1 Å². The van der Waals surface area contributed by atoms with Crippen molar-refractivity contribution in [3.63, 3.8) is 0 Å². The molecule has 1 amide bonds. The van der Waals surface area contributed by atoms with Crippen LogP contribution in [0.5, 0.6) is 0 Å². The van der Waals surface area contributed by atoms with E-state index >= 15 is 0 Å². The zero-order valence-electron chi connectivity index (χ0n) is 8.73. The Balaban J connectivity index is 1.70. The van der Waals surface area contributed by atoms with Gasteiger partial charge in [-0.15, -0.1) is 0 Å². The molecule has 0 radical (unpaired) electrons. The Morgan fingerprint density at radius 3 is 2.71 bits per heavy atom. The monoisotopic (exact) mass is 194 g/mol. The molecular weight excluding hydrogens is 176 g/mol. The lowest BCUT2D eigenvalue weighted by Gasteiger charge is -2.21. The van der Waals surface area contributed by atoms with Gasteiger partial charge < -0.3 is 10.6 Å². The predicted octanol–water partition coefficient (Wildman–Crippen LogP) is 0.822. The van der Waals surface area contributed by atoms with E-state index in [1.54, 1.807) is 0 Å². The second-order valence-electron chi connectivity index (χ2n) is 4.32. The summed E-state index contributed by atoms with van der Waals surface area (Å²) in [7, 11) is 0. The Morgan fingerprint density at radius 2 is 2.21 bits per heavy atom. The van der Waals surface area contributed by atoms with E-state index in [4.69, 9.17) is 0 Å². The van der Waals surface area contributed by atoms with Crippen LogP contribution in [0.15, 0.2) is 11.1 Å². The van der Waals surface area contributed by atoms with Gasteiger partial charge >= 0.3 is 0 Å². The number of amides is 1. The fraction of sp³-hybridized carbons (Fsp3) is 0.727. The second kappa shape index (κ2) is 4.13. The number of carbonyl (C=O) groups excluding carboxylic acids is 1. The smallest absolute Gasteiger partial charge is 0.246 e. The van der Waals surface area contributed by atoms with Gasteiger partial charge in [-0.05, 0) is 24.8 Å². The van der Waals surface area contributed by atoms with E-state index in [0.29, 0.717) is 0 Å².